The number of fused-ring (bicyclic) bond motifs is 1. The summed E-state index contributed by atoms with van der Waals surface area (Å²) >= 11 is 0. The van der Waals surface area contributed by atoms with Gasteiger partial charge in [-0.25, -0.2) is 9.50 Å². The predicted octanol–water partition coefficient (Wildman–Crippen LogP) is 1.86. The molecule has 2 aromatic heterocycles. The van der Waals surface area contributed by atoms with Crippen LogP contribution in [0.5, 0.6) is 0 Å². The summed E-state index contributed by atoms with van der Waals surface area (Å²) in [5.74, 6) is 0.797. The van der Waals surface area contributed by atoms with Crippen LogP contribution in [0.2, 0.25) is 0 Å². The van der Waals surface area contributed by atoms with Crippen molar-refractivity contribution in [2.24, 2.45) is 0 Å². The summed E-state index contributed by atoms with van der Waals surface area (Å²) in [6, 6.07) is 2.55. The van der Waals surface area contributed by atoms with Crippen LogP contribution in [0.15, 0.2) is 18.5 Å². The molecule has 1 aliphatic heterocycles. The summed E-state index contributed by atoms with van der Waals surface area (Å²) < 4.78 is 1.65. The molecule has 1 atom stereocenters. The average Bonchev–Trinajstić information content (AvgIpc) is 3.02. The van der Waals surface area contributed by atoms with Gasteiger partial charge in [0.1, 0.15) is 11.4 Å². The lowest BCUT2D eigenvalue weighted by Crippen LogP contribution is -2.30. The topological polar surface area (TPSA) is 62.5 Å². The van der Waals surface area contributed by atoms with Gasteiger partial charge in [0.05, 0.1) is 6.20 Å². The second kappa shape index (κ2) is 5.35. The molecule has 1 saturated heterocycles. The summed E-state index contributed by atoms with van der Waals surface area (Å²) in [6.07, 6.45) is 5.83. The molecule has 0 spiro atoms. The fourth-order valence-electron chi connectivity index (χ4n) is 2.79. The molecule has 3 heterocycles. The Bertz CT molecular complexity index is 663. The molecule has 6 heteroatoms. The molecule has 1 fully saturated rings. The number of carbonyl (C=O) groups excluding carboxylic acids is 1. The maximum Gasteiger partial charge on any atom is 0.256 e. The van der Waals surface area contributed by atoms with Crippen molar-refractivity contribution in [3.05, 3.63) is 24.0 Å². The Morgan fingerprint density at radius 3 is 2.95 bits per heavy atom. The van der Waals surface area contributed by atoms with Crippen LogP contribution >= 0.6 is 0 Å². The Kier molecular flexibility index (Phi) is 3.53. The van der Waals surface area contributed by atoms with E-state index in [9.17, 15) is 4.79 Å². The number of rotatable bonds is 3. The highest BCUT2D eigenvalue weighted by Crippen LogP contribution is 2.24. The number of anilines is 1. The highest BCUT2D eigenvalue weighted by Gasteiger charge is 2.23. The third-order valence-electron chi connectivity index (χ3n) is 3.87. The van der Waals surface area contributed by atoms with E-state index in [1.165, 1.54) is 12.8 Å². The highest BCUT2D eigenvalue weighted by molar-refractivity contribution is 5.99. The lowest BCUT2D eigenvalue weighted by Gasteiger charge is -2.22. The van der Waals surface area contributed by atoms with Gasteiger partial charge in [-0.3, -0.25) is 4.79 Å². The van der Waals surface area contributed by atoms with E-state index in [1.807, 2.05) is 26.1 Å². The van der Waals surface area contributed by atoms with Crippen molar-refractivity contribution < 1.29 is 4.79 Å². The first kappa shape index (κ1) is 13.9. The molecule has 0 radical (unpaired) electrons. The van der Waals surface area contributed by atoms with Crippen molar-refractivity contribution in [3.8, 4) is 0 Å². The number of nitrogens with one attached hydrogen (secondary N) is 1. The Balaban J connectivity index is 1.98. The first-order valence-electron chi connectivity index (χ1n) is 7.48. The standard InChI is InChI=1S/C15H21N5O/c1-10(2)17-15(21)12-9-16-20-8-6-13(18-14(12)20)19-7-4-5-11(19)3/h6,8-11H,4-5,7H2,1-3H3,(H,17,21). The largest absolute Gasteiger partial charge is 0.354 e. The monoisotopic (exact) mass is 287 g/mol. The maximum absolute atomic E-state index is 12.2. The van der Waals surface area contributed by atoms with E-state index in [1.54, 1.807) is 10.7 Å². The molecule has 6 nitrogen and oxygen atoms in total. The average molecular weight is 287 g/mol. The normalized spacial score (nSPS) is 18.7. The minimum atomic E-state index is -0.126. The van der Waals surface area contributed by atoms with Gasteiger partial charge in [-0.05, 0) is 39.7 Å². The first-order chi connectivity index (χ1) is 10.1. The number of carbonyl (C=O) groups is 1. The van der Waals surface area contributed by atoms with Crippen LogP contribution in [0.1, 0.15) is 44.0 Å². The van der Waals surface area contributed by atoms with Gasteiger partial charge in [0.15, 0.2) is 5.65 Å². The molecule has 1 unspecified atom stereocenters. The Morgan fingerprint density at radius 1 is 1.48 bits per heavy atom. The number of nitrogens with zero attached hydrogens (tertiary/aromatic N) is 4. The molecule has 1 amide bonds. The lowest BCUT2D eigenvalue weighted by atomic mass is 10.2. The smallest absolute Gasteiger partial charge is 0.256 e. The molecule has 0 bridgehead atoms. The molecule has 0 aromatic carbocycles. The van der Waals surface area contributed by atoms with Crippen LogP contribution in [0.4, 0.5) is 5.82 Å². The first-order valence-corrected chi connectivity index (χ1v) is 7.48. The third-order valence-corrected chi connectivity index (χ3v) is 3.87. The molecule has 0 saturated carbocycles. The van der Waals surface area contributed by atoms with Gasteiger partial charge in [0, 0.05) is 24.8 Å². The van der Waals surface area contributed by atoms with Crippen molar-refractivity contribution in [3.63, 3.8) is 0 Å². The summed E-state index contributed by atoms with van der Waals surface area (Å²) in [5.41, 5.74) is 1.14. The molecule has 0 aliphatic carbocycles. The van der Waals surface area contributed by atoms with Crippen LogP contribution in [-0.4, -0.2) is 39.1 Å². The molecule has 112 valence electrons. The fourth-order valence-corrected chi connectivity index (χ4v) is 2.79. The zero-order valence-electron chi connectivity index (χ0n) is 12.7. The van der Waals surface area contributed by atoms with Crippen LogP contribution in [0, 0.1) is 0 Å². The van der Waals surface area contributed by atoms with Gasteiger partial charge in [0.25, 0.3) is 5.91 Å². The van der Waals surface area contributed by atoms with Gasteiger partial charge < -0.3 is 10.2 Å². The van der Waals surface area contributed by atoms with E-state index in [0.717, 1.165) is 12.4 Å². The zero-order chi connectivity index (χ0) is 15.0. The number of hydrogen-bond donors (Lipinski definition) is 1. The summed E-state index contributed by atoms with van der Waals surface area (Å²) in [6.45, 7) is 7.11. The fraction of sp³-hybridized carbons (Fsp3) is 0.533. The van der Waals surface area contributed by atoms with Crippen LogP contribution < -0.4 is 10.2 Å². The van der Waals surface area contributed by atoms with E-state index < -0.39 is 0 Å². The minimum absolute atomic E-state index is 0.0919. The predicted molar refractivity (Wildman–Crippen MR) is 81.6 cm³/mol. The van der Waals surface area contributed by atoms with E-state index in [4.69, 9.17) is 0 Å². The summed E-state index contributed by atoms with van der Waals surface area (Å²) in [7, 11) is 0. The Labute approximate surface area is 124 Å². The van der Waals surface area contributed by atoms with Crippen molar-refractivity contribution in [1.82, 2.24) is 19.9 Å². The molecular formula is C15H21N5O. The van der Waals surface area contributed by atoms with Crippen molar-refractivity contribution in [2.75, 3.05) is 11.4 Å². The van der Waals surface area contributed by atoms with Crippen molar-refractivity contribution >= 4 is 17.4 Å². The quantitative estimate of drug-likeness (QED) is 0.936. The zero-order valence-corrected chi connectivity index (χ0v) is 12.7. The van der Waals surface area contributed by atoms with Gasteiger partial charge in [-0.2, -0.15) is 5.10 Å². The van der Waals surface area contributed by atoms with Crippen molar-refractivity contribution in [2.45, 2.75) is 45.7 Å². The summed E-state index contributed by atoms with van der Waals surface area (Å²) in [4.78, 5) is 19.2. The van der Waals surface area contributed by atoms with Crippen LogP contribution in [-0.2, 0) is 0 Å². The van der Waals surface area contributed by atoms with Crippen LogP contribution in [0.25, 0.3) is 5.65 Å². The molecule has 3 rings (SSSR count). The van der Waals surface area contributed by atoms with E-state index in [-0.39, 0.29) is 11.9 Å². The van der Waals surface area contributed by atoms with Crippen LogP contribution in [0.3, 0.4) is 0 Å². The second-order valence-electron chi connectivity index (χ2n) is 5.92. The maximum atomic E-state index is 12.2. The number of hydrogen-bond acceptors (Lipinski definition) is 4. The van der Waals surface area contributed by atoms with E-state index in [2.05, 4.69) is 27.2 Å². The molecule has 21 heavy (non-hydrogen) atoms. The Morgan fingerprint density at radius 2 is 2.29 bits per heavy atom. The van der Waals surface area contributed by atoms with E-state index >= 15 is 0 Å². The van der Waals surface area contributed by atoms with Crippen molar-refractivity contribution in [1.29, 1.82) is 0 Å². The highest BCUT2D eigenvalue weighted by atomic mass is 16.1. The molecule has 1 aliphatic rings. The second-order valence-corrected chi connectivity index (χ2v) is 5.92. The number of amides is 1. The lowest BCUT2D eigenvalue weighted by molar-refractivity contribution is 0.0944. The minimum Gasteiger partial charge on any atom is -0.354 e. The van der Waals surface area contributed by atoms with Gasteiger partial charge in [0.2, 0.25) is 0 Å². The molecular weight excluding hydrogens is 266 g/mol. The van der Waals surface area contributed by atoms with Gasteiger partial charge in [-0.1, -0.05) is 0 Å². The molecule has 2 aromatic rings. The van der Waals surface area contributed by atoms with Gasteiger partial charge >= 0.3 is 0 Å². The van der Waals surface area contributed by atoms with E-state index in [0.29, 0.717) is 17.3 Å². The van der Waals surface area contributed by atoms with Gasteiger partial charge in [-0.15, -0.1) is 0 Å². The number of aromatic nitrogens is 3. The Hall–Kier alpha value is -2.11. The third kappa shape index (κ3) is 2.57. The summed E-state index contributed by atoms with van der Waals surface area (Å²) in [5, 5.41) is 7.10. The SMILES string of the molecule is CC(C)NC(=O)c1cnn2ccc(N3CCCC3C)nc12. The molecule has 1 N–H and O–H groups in total.